The largest absolute Gasteiger partial charge is 0.398 e. The Hall–Kier alpha value is -1.07. The minimum absolute atomic E-state index is 0.0605. The highest BCUT2D eigenvalue weighted by Gasteiger charge is 2.18. The van der Waals surface area contributed by atoms with Crippen molar-refractivity contribution in [1.29, 1.82) is 0 Å². The molecule has 0 heterocycles. The number of aryl methyl sites for hydroxylation is 1. The molecule has 21 heavy (non-hydrogen) atoms. The van der Waals surface area contributed by atoms with E-state index in [0.29, 0.717) is 5.69 Å². The summed E-state index contributed by atoms with van der Waals surface area (Å²) >= 11 is 0. The smallest absolute Gasteiger partial charge is 0.240 e. The number of hydrogen-bond donors (Lipinski definition) is 2. The van der Waals surface area contributed by atoms with Crippen LogP contribution in [0.5, 0.6) is 0 Å². The summed E-state index contributed by atoms with van der Waals surface area (Å²) < 4.78 is 27.5. The first-order valence-corrected chi connectivity index (χ1v) is 9.15. The Morgan fingerprint density at radius 2 is 1.86 bits per heavy atom. The summed E-state index contributed by atoms with van der Waals surface area (Å²) in [5.41, 5.74) is 8.22. The van der Waals surface area contributed by atoms with E-state index in [-0.39, 0.29) is 10.9 Å². The molecule has 1 aromatic carbocycles. The van der Waals surface area contributed by atoms with E-state index < -0.39 is 10.0 Å². The van der Waals surface area contributed by atoms with Crippen molar-refractivity contribution in [2.45, 2.75) is 70.7 Å². The van der Waals surface area contributed by atoms with Gasteiger partial charge in [0.2, 0.25) is 10.0 Å². The first-order valence-electron chi connectivity index (χ1n) is 7.67. The third-order valence-electron chi connectivity index (χ3n) is 3.84. The van der Waals surface area contributed by atoms with Crippen molar-refractivity contribution in [3.8, 4) is 0 Å². The summed E-state index contributed by atoms with van der Waals surface area (Å²) in [5.74, 6) is 0. The van der Waals surface area contributed by atoms with Crippen LogP contribution in [0, 0.1) is 13.8 Å². The van der Waals surface area contributed by atoms with E-state index in [1.807, 2.05) is 20.8 Å². The third kappa shape index (κ3) is 5.32. The average Bonchev–Trinajstić information content (AvgIpc) is 2.40. The van der Waals surface area contributed by atoms with E-state index >= 15 is 0 Å². The normalized spacial score (nSPS) is 13.3. The van der Waals surface area contributed by atoms with Gasteiger partial charge in [-0.05, 0) is 50.5 Å². The first-order chi connectivity index (χ1) is 9.77. The average molecular weight is 312 g/mol. The van der Waals surface area contributed by atoms with E-state index in [1.165, 1.54) is 18.9 Å². The van der Waals surface area contributed by atoms with E-state index in [4.69, 9.17) is 5.73 Å². The lowest BCUT2D eigenvalue weighted by atomic mass is 10.1. The molecular formula is C16H28N2O2S. The summed E-state index contributed by atoms with van der Waals surface area (Å²) in [6.07, 6.45) is 5.44. The summed E-state index contributed by atoms with van der Waals surface area (Å²) in [7, 11) is -3.49. The van der Waals surface area contributed by atoms with Gasteiger partial charge in [-0.2, -0.15) is 0 Å². The molecule has 0 aliphatic carbocycles. The predicted molar refractivity (Wildman–Crippen MR) is 88.9 cm³/mol. The second kappa shape index (κ2) is 7.80. The summed E-state index contributed by atoms with van der Waals surface area (Å²) in [6.45, 7) is 7.84. The fraction of sp³-hybridized carbons (Fsp3) is 0.625. The molecule has 0 radical (unpaired) electrons. The number of sulfonamides is 1. The highest BCUT2D eigenvalue weighted by Crippen LogP contribution is 2.22. The predicted octanol–water partition coefficient (Wildman–Crippen LogP) is 3.52. The van der Waals surface area contributed by atoms with E-state index in [2.05, 4.69) is 11.6 Å². The zero-order valence-corrected chi connectivity index (χ0v) is 14.4. The topological polar surface area (TPSA) is 72.2 Å². The monoisotopic (exact) mass is 312 g/mol. The SMILES string of the molecule is CCCCCCC(C)NS(=O)(=O)c1cc(C)c(C)c(N)c1. The van der Waals surface area contributed by atoms with Gasteiger partial charge in [0.15, 0.2) is 0 Å². The van der Waals surface area contributed by atoms with Gasteiger partial charge in [0.1, 0.15) is 0 Å². The van der Waals surface area contributed by atoms with Crippen molar-refractivity contribution in [3.05, 3.63) is 23.3 Å². The number of unbranched alkanes of at least 4 members (excludes halogenated alkanes) is 3. The second-order valence-electron chi connectivity index (χ2n) is 5.83. The third-order valence-corrected chi connectivity index (χ3v) is 5.41. The van der Waals surface area contributed by atoms with Crippen LogP contribution < -0.4 is 10.5 Å². The molecule has 0 aliphatic rings. The molecule has 1 aromatic rings. The molecule has 120 valence electrons. The van der Waals surface area contributed by atoms with Gasteiger partial charge in [0, 0.05) is 11.7 Å². The van der Waals surface area contributed by atoms with Crippen LogP contribution in [0.2, 0.25) is 0 Å². The maximum absolute atomic E-state index is 12.4. The van der Waals surface area contributed by atoms with Gasteiger partial charge in [-0.1, -0.05) is 32.6 Å². The molecule has 0 amide bonds. The van der Waals surface area contributed by atoms with Gasteiger partial charge in [-0.25, -0.2) is 13.1 Å². The standard InChI is InChI=1S/C16H28N2O2S/c1-5-6-7-8-9-13(3)18-21(19,20)15-10-12(2)14(4)16(17)11-15/h10-11,13,18H,5-9,17H2,1-4H3. The highest BCUT2D eigenvalue weighted by molar-refractivity contribution is 7.89. The Balaban J connectivity index is 2.73. The van der Waals surface area contributed by atoms with Crippen LogP contribution in [0.25, 0.3) is 0 Å². The van der Waals surface area contributed by atoms with E-state index in [9.17, 15) is 8.42 Å². The summed E-state index contributed by atoms with van der Waals surface area (Å²) in [4.78, 5) is 0.253. The molecule has 0 aliphatic heterocycles. The fourth-order valence-corrected chi connectivity index (χ4v) is 3.67. The number of nitrogens with two attached hydrogens (primary N) is 1. The van der Waals surface area contributed by atoms with Crippen LogP contribution in [0.1, 0.15) is 57.1 Å². The maximum Gasteiger partial charge on any atom is 0.240 e. The quantitative estimate of drug-likeness (QED) is 0.570. The Labute approximate surface area is 129 Å². The van der Waals surface area contributed by atoms with Gasteiger partial charge in [-0.15, -0.1) is 0 Å². The van der Waals surface area contributed by atoms with Crippen LogP contribution >= 0.6 is 0 Å². The number of rotatable bonds is 8. The molecule has 0 aromatic heterocycles. The number of nitrogens with one attached hydrogen (secondary N) is 1. The zero-order chi connectivity index (χ0) is 16.0. The Kier molecular flexibility index (Phi) is 6.68. The van der Waals surface area contributed by atoms with Crippen molar-refractivity contribution in [2.75, 3.05) is 5.73 Å². The Morgan fingerprint density at radius 3 is 2.43 bits per heavy atom. The lowest BCUT2D eigenvalue weighted by Crippen LogP contribution is -2.32. The molecule has 0 saturated carbocycles. The molecule has 1 unspecified atom stereocenters. The summed E-state index contributed by atoms with van der Waals surface area (Å²) in [6, 6.07) is 3.15. The molecule has 0 spiro atoms. The van der Waals surface area contributed by atoms with Crippen LogP contribution in [0.3, 0.4) is 0 Å². The minimum atomic E-state index is -3.49. The van der Waals surface area contributed by atoms with Crippen LogP contribution in [0.15, 0.2) is 17.0 Å². The Bertz CT molecular complexity index is 545. The lowest BCUT2D eigenvalue weighted by molar-refractivity contribution is 0.522. The molecular weight excluding hydrogens is 284 g/mol. The first kappa shape index (κ1) is 18.0. The van der Waals surface area contributed by atoms with Gasteiger partial charge < -0.3 is 5.73 Å². The van der Waals surface area contributed by atoms with E-state index in [0.717, 1.165) is 30.4 Å². The minimum Gasteiger partial charge on any atom is -0.398 e. The van der Waals surface area contributed by atoms with E-state index in [1.54, 1.807) is 6.07 Å². The molecule has 1 rings (SSSR count). The van der Waals surface area contributed by atoms with Gasteiger partial charge >= 0.3 is 0 Å². The van der Waals surface area contributed by atoms with Gasteiger partial charge in [-0.3, -0.25) is 0 Å². The van der Waals surface area contributed by atoms with Crippen LogP contribution in [-0.4, -0.2) is 14.5 Å². The van der Waals surface area contributed by atoms with Crippen molar-refractivity contribution in [3.63, 3.8) is 0 Å². The number of nitrogen functional groups attached to an aromatic ring is 1. The van der Waals surface area contributed by atoms with Crippen molar-refractivity contribution in [2.24, 2.45) is 0 Å². The van der Waals surface area contributed by atoms with Gasteiger partial charge in [0.25, 0.3) is 0 Å². The fourth-order valence-electron chi connectivity index (χ4n) is 2.28. The molecule has 0 saturated heterocycles. The zero-order valence-electron chi connectivity index (χ0n) is 13.6. The van der Waals surface area contributed by atoms with Crippen molar-refractivity contribution >= 4 is 15.7 Å². The lowest BCUT2D eigenvalue weighted by Gasteiger charge is -2.15. The molecule has 4 nitrogen and oxygen atoms in total. The maximum atomic E-state index is 12.4. The van der Waals surface area contributed by atoms with Crippen LogP contribution in [0.4, 0.5) is 5.69 Å². The molecule has 0 bridgehead atoms. The molecule has 1 atom stereocenters. The van der Waals surface area contributed by atoms with Crippen molar-refractivity contribution in [1.82, 2.24) is 4.72 Å². The highest BCUT2D eigenvalue weighted by atomic mass is 32.2. The second-order valence-corrected chi connectivity index (χ2v) is 7.54. The Morgan fingerprint density at radius 1 is 1.19 bits per heavy atom. The van der Waals surface area contributed by atoms with Gasteiger partial charge in [0.05, 0.1) is 4.90 Å². The van der Waals surface area contributed by atoms with Crippen LogP contribution in [-0.2, 0) is 10.0 Å². The van der Waals surface area contributed by atoms with Crippen molar-refractivity contribution < 1.29 is 8.42 Å². The molecule has 5 heteroatoms. The molecule has 0 fully saturated rings. The molecule has 3 N–H and O–H groups in total. The number of benzene rings is 1. The summed E-state index contributed by atoms with van der Waals surface area (Å²) in [5, 5.41) is 0. The number of anilines is 1. The number of hydrogen-bond acceptors (Lipinski definition) is 3.